The second kappa shape index (κ2) is 12.4. The monoisotopic (exact) mass is 490 g/mol. The zero-order valence-corrected chi connectivity index (χ0v) is 20.4. The van der Waals surface area contributed by atoms with E-state index in [-0.39, 0.29) is 18.3 Å². The summed E-state index contributed by atoms with van der Waals surface area (Å²) in [6.45, 7) is 2.19. The first-order valence-electron chi connectivity index (χ1n) is 12.3. The Hall–Kier alpha value is -3.57. The molecular weight excluding hydrogens is 459 g/mol. The molecule has 1 aliphatic rings. The number of alkyl halides is 1. The van der Waals surface area contributed by atoms with Gasteiger partial charge in [0.15, 0.2) is 0 Å². The van der Waals surface area contributed by atoms with Crippen molar-refractivity contribution >= 4 is 16.9 Å². The van der Waals surface area contributed by atoms with Crippen LogP contribution in [0.15, 0.2) is 48.9 Å². The van der Waals surface area contributed by atoms with Crippen LogP contribution in [-0.4, -0.2) is 57.7 Å². The maximum absolute atomic E-state index is 15.5. The minimum Gasteiger partial charge on any atom is -0.497 e. The Balaban J connectivity index is 1.39. The number of ether oxygens (including phenoxy) is 1. The molecule has 8 heteroatoms. The topological polar surface area (TPSA) is 88.4 Å². The van der Waals surface area contributed by atoms with Crippen LogP contribution in [0.25, 0.3) is 10.9 Å². The van der Waals surface area contributed by atoms with Gasteiger partial charge in [-0.05, 0) is 85.9 Å². The van der Waals surface area contributed by atoms with Gasteiger partial charge in [0.2, 0.25) is 5.82 Å². The fraction of sp³-hybridized carbons (Fsp3) is 0.429. The number of pyridine rings is 1. The fourth-order valence-corrected chi connectivity index (χ4v) is 4.97. The van der Waals surface area contributed by atoms with Crippen molar-refractivity contribution in [2.75, 3.05) is 26.7 Å². The molecule has 1 unspecified atom stereocenters. The summed E-state index contributed by atoms with van der Waals surface area (Å²) in [6.07, 6.45) is 6.52. The Morgan fingerprint density at radius 1 is 1.19 bits per heavy atom. The third-order valence-corrected chi connectivity index (χ3v) is 6.88. The summed E-state index contributed by atoms with van der Waals surface area (Å²) in [4.78, 5) is 26.1. The van der Waals surface area contributed by atoms with Crippen LogP contribution in [0, 0.1) is 23.7 Å². The zero-order chi connectivity index (χ0) is 25.3. The van der Waals surface area contributed by atoms with Gasteiger partial charge in [0.05, 0.1) is 19.2 Å². The van der Waals surface area contributed by atoms with Crippen LogP contribution in [-0.2, 0) is 4.79 Å². The fourth-order valence-electron chi connectivity index (χ4n) is 4.97. The number of halogens is 1. The molecule has 1 saturated heterocycles. The molecule has 4 rings (SSSR count). The molecule has 1 aliphatic heterocycles. The van der Waals surface area contributed by atoms with Crippen molar-refractivity contribution in [1.82, 2.24) is 19.9 Å². The molecule has 7 nitrogen and oxygen atoms in total. The van der Waals surface area contributed by atoms with Gasteiger partial charge >= 0.3 is 5.97 Å². The second-order valence-electron chi connectivity index (χ2n) is 9.18. The Morgan fingerprint density at radius 2 is 2.03 bits per heavy atom. The lowest BCUT2D eigenvalue weighted by Crippen LogP contribution is -2.41. The zero-order valence-electron chi connectivity index (χ0n) is 20.4. The van der Waals surface area contributed by atoms with Crippen LogP contribution in [0.3, 0.4) is 0 Å². The minimum absolute atomic E-state index is 0.117. The quantitative estimate of drug-likeness (QED) is 0.436. The van der Waals surface area contributed by atoms with Gasteiger partial charge < -0.3 is 9.84 Å². The number of methoxy groups -OCH3 is 1. The molecule has 0 saturated carbocycles. The van der Waals surface area contributed by atoms with Gasteiger partial charge in [0, 0.05) is 36.9 Å². The number of piperidine rings is 1. The molecule has 1 fully saturated rings. The van der Waals surface area contributed by atoms with Gasteiger partial charge in [0.1, 0.15) is 11.9 Å². The Bertz CT molecular complexity index is 1230. The van der Waals surface area contributed by atoms with Gasteiger partial charge in [-0.3, -0.25) is 14.7 Å². The Labute approximate surface area is 210 Å². The number of carbonyl (C=O) groups is 1. The summed E-state index contributed by atoms with van der Waals surface area (Å²) in [5, 5.41) is 10.0. The summed E-state index contributed by atoms with van der Waals surface area (Å²) in [5.74, 6) is 6.93. The molecule has 188 valence electrons. The lowest BCUT2D eigenvalue weighted by atomic mass is 9.79. The number of aliphatic carboxylic acids is 1. The predicted molar refractivity (Wildman–Crippen MR) is 135 cm³/mol. The van der Waals surface area contributed by atoms with E-state index in [2.05, 4.69) is 31.7 Å². The molecule has 0 bridgehead atoms. The molecule has 3 atom stereocenters. The minimum atomic E-state index is -1.13. The van der Waals surface area contributed by atoms with Crippen molar-refractivity contribution in [2.24, 2.45) is 11.8 Å². The predicted octanol–water partition coefficient (Wildman–Crippen LogP) is 4.68. The van der Waals surface area contributed by atoms with Crippen LogP contribution in [0.1, 0.15) is 49.7 Å². The highest BCUT2D eigenvalue weighted by molar-refractivity contribution is 5.83. The molecule has 2 aromatic heterocycles. The highest BCUT2D eigenvalue weighted by atomic mass is 19.1. The maximum atomic E-state index is 15.5. The lowest BCUT2D eigenvalue weighted by Gasteiger charge is -2.38. The van der Waals surface area contributed by atoms with Crippen molar-refractivity contribution in [3.63, 3.8) is 0 Å². The first-order valence-corrected chi connectivity index (χ1v) is 12.3. The van der Waals surface area contributed by atoms with Crippen LogP contribution in [0.2, 0.25) is 0 Å². The summed E-state index contributed by atoms with van der Waals surface area (Å²) >= 11 is 0. The smallest absolute Gasteiger partial charge is 0.303 e. The van der Waals surface area contributed by atoms with E-state index in [0.29, 0.717) is 42.9 Å². The molecule has 0 spiro atoms. The van der Waals surface area contributed by atoms with Gasteiger partial charge in [-0.25, -0.2) is 14.4 Å². The number of rotatable bonds is 9. The number of carboxylic acids is 1. The van der Waals surface area contributed by atoms with E-state index in [9.17, 15) is 9.90 Å². The Morgan fingerprint density at radius 3 is 2.81 bits per heavy atom. The maximum Gasteiger partial charge on any atom is 0.303 e. The van der Waals surface area contributed by atoms with Crippen molar-refractivity contribution in [2.45, 2.75) is 38.3 Å². The molecule has 3 heterocycles. The average Bonchev–Trinajstić information content (AvgIpc) is 2.91. The number of likely N-dealkylation sites (tertiary alicyclic amines) is 1. The van der Waals surface area contributed by atoms with E-state index in [1.807, 2.05) is 18.2 Å². The molecule has 0 aliphatic carbocycles. The lowest BCUT2D eigenvalue weighted by molar-refractivity contribution is -0.137. The summed E-state index contributed by atoms with van der Waals surface area (Å²) in [5.41, 5.74) is 1.36. The van der Waals surface area contributed by atoms with Crippen molar-refractivity contribution in [1.29, 1.82) is 0 Å². The van der Waals surface area contributed by atoms with Crippen molar-refractivity contribution < 1.29 is 19.0 Å². The highest BCUT2D eigenvalue weighted by Crippen LogP contribution is 2.36. The third kappa shape index (κ3) is 6.76. The van der Waals surface area contributed by atoms with Crippen LogP contribution >= 0.6 is 0 Å². The number of carboxylic acid groups (broad SMARTS) is 1. The molecule has 1 aromatic carbocycles. The summed E-state index contributed by atoms with van der Waals surface area (Å²) in [7, 11) is 1.59. The normalized spacial score (nSPS) is 18.8. The molecule has 3 aromatic rings. The number of hydrogen-bond acceptors (Lipinski definition) is 6. The van der Waals surface area contributed by atoms with Gasteiger partial charge in [-0.1, -0.05) is 5.92 Å². The van der Waals surface area contributed by atoms with E-state index in [0.717, 1.165) is 30.4 Å². The second-order valence-corrected chi connectivity index (χ2v) is 9.18. The molecule has 0 amide bonds. The Kier molecular flexibility index (Phi) is 8.80. The van der Waals surface area contributed by atoms with Crippen LogP contribution in [0.5, 0.6) is 5.75 Å². The van der Waals surface area contributed by atoms with Gasteiger partial charge in [0.25, 0.3) is 0 Å². The van der Waals surface area contributed by atoms with Gasteiger partial charge in [-0.15, -0.1) is 0 Å². The number of fused-ring (bicyclic) bond motifs is 1. The largest absolute Gasteiger partial charge is 0.497 e. The van der Waals surface area contributed by atoms with Crippen molar-refractivity contribution in [3.8, 4) is 17.6 Å². The molecule has 1 N–H and O–H groups in total. The first kappa shape index (κ1) is 25.5. The van der Waals surface area contributed by atoms with Crippen LogP contribution < -0.4 is 4.74 Å². The number of aromatic nitrogens is 3. The van der Waals surface area contributed by atoms with Crippen LogP contribution in [0.4, 0.5) is 4.39 Å². The average molecular weight is 491 g/mol. The number of nitrogens with zero attached hydrogens (tertiary/aromatic N) is 4. The highest BCUT2D eigenvalue weighted by Gasteiger charge is 2.30. The standard InChI is InChI=1S/C28H31FN4O3/c1-36-22-7-9-26-24(18-22)23(11-15-30-26)25(29)8-5-20-12-17-33(19-21(20)6-10-28(34)35)16-2-4-27-31-13-3-14-32-27/h3,7,9,11,13-15,18,20-21,25H,5-6,8,10,12,16-17,19H2,1H3,(H,34,35)/t20-,21+,25?/m1/s1. The third-order valence-electron chi connectivity index (χ3n) is 6.88. The van der Waals surface area contributed by atoms with E-state index in [4.69, 9.17) is 4.74 Å². The summed E-state index contributed by atoms with van der Waals surface area (Å²) in [6, 6.07) is 8.99. The van der Waals surface area contributed by atoms with E-state index in [1.54, 1.807) is 37.8 Å². The first-order chi connectivity index (χ1) is 17.5. The molecule has 36 heavy (non-hydrogen) atoms. The number of benzene rings is 1. The summed E-state index contributed by atoms with van der Waals surface area (Å²) < 4.78 is 20.8. The van der Waals surface area contributed by atoms with E-state index < -0.39 is 12.1 Å². The SMILES string of the molecule is COc1ccc2nccc(C(F)CC[C@@H]3CCN(CC#Cc4ncccn4)C[C@@H]3CCC(=O)O)c2c1. The van der Waals surface area contributed by atoms with Crippen molar-refractivity contribution in [3.05, 3.63) is 60.3 Å². The molecule has 0 radical (unpaired) electrons. The van der Waals surface area contributed by atoms with E-state index in [1.165, 1.54) is 0 Å². The van der Waals surface area contributed by atoms with Gasteiger partial charge in [-0.2, -0.15) is 0 Å². The van der Waals surface area contributed by atoms with E-state index >= 15 is 4.39 Å². The molecular formula is C28H31FN4O3. The number of hydrogen-bond donors (Lipinski definition) is 1.